The van der Waals surface area contributed by atoms with E-state index in [1.54, 1.807) is 0 Å². The van der Waals surface area contributed by atoms with Crippen molar-refractivity contribution < 1.29 is 0 Å². The summed E-state index contributed by atoms with van der Waals surface area (Å²) < 4.78 is 1.01. The van der Waals surface area contributed by atoms with Crippen LogP contribution in [0.2, 0.25) is 0 Å². The summed E-state index contributed by atoms with van der Waals surface area (Å²) in [4.78, 5) is 7.91. The quantitative estimate of drug-likeness (QED) is 0.728. The van der Waals surface area contributed by atoms with Crippen molar-refractivity contribution in [2.75, 3.05) is 17.7 Å². The molecule has 0 saturated carbocycles. The Kier molecular flexibility index (Phi) is 4.88. The maximum atomic E-state index is 4.49. The third-order valence-corrected chi connectivity index (χ3v) is 4.20. The Balaban J connectivity index is 2.25. The summed E-state index contributed by atoms with van der Waals surface area (Å²) >= 11 is 5.30. The van der Waals surface area contributed by atoms with E-state index in [4.69, 9.17) is 0 Å². The number of benzene rings is 1. The second kappa shape index (κ2) is 6.44. The van der Waals surface area contributed by atoms with E-state index in [1.807, 2.05) is 25.0 Å². The van der Waals surface area contributed by atoms with Crippen molar-refractivity contribution in [1.82, 2.24) is 4.98 Å². The van der Waals surface area contributed by atoms with Crippen molar-refractivity contribution in [3.8, 4) is 0 Å². The zero-order valence-corrected chi connectivity index (χ0v) is 13.8. The molecule has 0 saturated heterocycles. The number of rotatable bonds is 4. The van der Waals surface area contributed by atoms with Gasteiger partial charge in [-0.1, -0.05) is 6.92 Å². The van der Waals surface area contributed by atoms with Gasteiger partial charge >= 0.3 is 0 Å². The average Bonchev–Trinajstić information content (AvgIpc) is 2.39. The minimum absolute atomic E-state index is 0.985. The Morgan fingerprint density at radius 3 is 2.53 bits per heavy atom. The lowest BCUT2D eigenvalue weighted by molar-refractivity contribution is 1.09. The zero-order valence-electron chi connectivity index (χ0n) is 11.4. The van der Waals surface area contributed by atoms with Gasteiger partial charge in [-0.05, 0) is 64.5 Å². The molecule has 0 atom stereocenters. The van der Waals surface area contributed by atoms with Gasteiger partial charge in [0.15, 0.2) is 0 Å². The molecule has 0 spiro atoms. The minimum atomic E-state index is 0.985. The topological polar surface area (TPSA) is 16.1 Å². The number of aryl methyl sites for hydroxylation is 1. The first-order valence-electron chi connectivity index (χ1n) is 6.20. The van der Waals surface area contributed by atoms with E-state index in [2.05, 4.69) is 70.0 Å². The Labute approximate surface area is 127 Å². The van der Waals surface area contributed by atoms with Crippen molar-refractivity contribution in [3.63, 3.8) is 0 Å². The molecular weight excluding hydrogens is 320 g/mol. The van der Waals surface area contributed by atoms with E-state index in [0.717, 1.165) is 27.3 Å². The molecule has 1 heterocycles. The van der Waals surface area contributed by atoms with Crippen LogP contribution in [0.15, 0.2) is 45.9 Å². The number of hydrogen-bond acceptors (Lipinski definition) is 3. The fourth-order valence-electron chi connectivity index (χ4n) is 1.94. The molecule has 0 aliphatic carbocycles. The van der Waals surface area contributed by atoms with Gasteiger partial charge in [0.05, 0.1) is 0 Å². The normalized spacial score (nSPS) is 10.5. The summed E-state index contributed by atoms with van der Waals surface area (Å²) in [5, 5.41) is 0. The summed E-state index contributed by atoms with van der Waals surface area (Å²) in [6.45, 7) is 4.24. The van der Waals surface area contributed by atoms with Gasteiger partial charge in [-0.2, -0.15) is 0 Å². The lowest BCUT2D eigenvalue weighted by Crippen LogP contribution is -2.12. The summed E-state index contributed by atoms with van der Waals surface area (Å²) in [7, 11) is 2.05. The molecule has 19 heavy (non-hydrogen) atoms. The lowest BCUT2D eigenvalue weighted by atomic mass is 10.2. The number of aromatic nitrogens is 1. The standard InChI is InChI=1S/C15H17BrN2S/c1-4-19-14-7-5-13(6-8-14)18(3)15-11(2)9-12(16)10-17-15/h5-10H,4H2,1-3H3. The number of thioether (sulfide) groups is 1. The molecule has 0 fully saturated rings. The predicted octanol–water partition coefficient (Wildman–Crippen LogP) is 5.03. The summed E-state index contributed by atoms with van der Waals surface area (Å²) in [6.07, 6.45) is 1.83. The fraction of sp³-hybridized carbons (Fsp3) is 0.267. The van der Waals surface area contributed by atoms with Crippen LogP contribution in [-0.2, 0) is 0 Å². The van der Waals surface area contributed by atoms with Crippen molar-refractivity contribution in [3.05, 3.63) is 46.6 Å². The van der Waals surface area contributed by atoms with Gasteiger partial charge in [0.2, 0.25) is 0 Å². The maximum Gasteiger partial charge on any atom is 0.135 e. The SMILES string of the molecule is CCSc1ccc(N(C)c2ncc(Br)cc2C)cc1. The summed E-state index contributed by atoms with van der Waals surface area (Å²) in [6, 6.07) is 10.7. The Hall–Kier alpha value is -1.00. The number of pyridine rings is 1. The zero-order chi connectivity index (χ0) is 13.8. The van der Waals surface area contributed by atoms with Crippen molar-refractivity contribution in [1.29, 1.82) is 0 Å². The van der Waals surface area contributed by atoms with Crippen LogP contribution in [0.5, 0.6) is 0 Å². The average molecular weight is 337 g/mol. The van der Waals surface area contributed by atoms with Gasteiger partial charge in [-0.3, -0.25) is 0 Å². The molecule has 0 amide bonds. The van der Waals surface area contributed by atoms with Crippen LogP contribution in [0, 0.1) is 6.92 Å². The highest BCUT2D eigenvalue weighted by Gasteiger charge is 2.08. The fourth-order valence-corrected chi connectivity index (χ4v) is 3.05. The highest BCUT2D eigenvalue weighted by Crippen LogP contribution is 2.28. The first-order chi connectivity index (χ1) is 9.11. The van der Waals surface area contributed by atoms with E-state index in [1.165, 1.54) is 4.90 Å². The highest BCUT2D eigenvalue weighted by atomic mass is 79.9. The van der Waals surface area contributed by atoms with Crippen LogP contribution >= 0.6 is 27.7 Å². The van der Waals surface area contributed by atoms with Gasteiger partial charge in [0.1, 0.15) is 5.82 Å². The Morgan fingerprint density at radius 1 is 1.26 bits per heavy atom. The number of nitrogens with zero attached hydrogens (tertiary/aromatic N) is 2. The second-order valence-corrected chi connectivity index (χ2v) is 6.53. The van der Waals surface area contributed by atoms with Gasteiger partial charge in [0, 0.05) is 28.3 Å². The van der Waals surface area contributed by atoms with Crippen LogP contribution in [0.1, 0.15) is 12.5 Å². The van der Waals surface area contributed by atoms with Crippen molar-refractivity contribution in [2.45, 2.75) is 18.7 Å². The smallest absolute Gasteiger partial charge is 0.135 e. The Bertz CT molecular complexity index is 555. The van der Waals surface area contributed by atoms with E-state index < -0.39 is 0 Å². The first-order valence-corrected chi connectivity index (χ1v) is 7.98. The van der Waals surface area contributed by atoms with Gasteiger partial charge in [-0.15, -0.1) is 11.8 Å². The third-order valence-electron chi connectivity index (χ3n) is 2.87. The van der Waals surface area contributed by atoms with Gasteiger partial charge < -0.3 is 4.90 Å². The highest BCUT2D eigenvalue weighted by molar-refractivity contribution is 9.10. The van der Waals surface area contributed by atoms with Gasteiger partial charge in [-0.25, -0.2) is 4.98 Å². The maximum absolute atomic E-state index is 4.49. The largest absolute Gasteiger partial charge is 0.329 e. The molecule has 0 aliphatic rings. The summed E-state index contributed by atoms with van der Waals surface area (Å²) in [5.41, 5.74) is 2.31. The first kappa shape index (κ1) is 14.4. The molecule has 0 N–H and O–H groups in total. The van der Waals surface area contributed by atoms with Crippen LogP contribution in [0.4, 0.5) is 11.5 Å². The molecule has 2 aromatic rings. The molecule has 0 radical (unpaired) electrons. The lowest BCUT2D eigenvalue weighted by Gasteiger charge is -2.20. The van der Waals surface area contributed by atoms with Crippen LogP contribution in [0.3, 0.4) is 0 Å². The minimum Gasteiger partial charge on any atom is -0.329 e. The molecule has 0 aliphatic heterocycles. The van der Waals surface area contributed by atoms with E-state index in [-0.39, 0.29) is 0 Å². The van der Waals surface area contributed by atoms with Crippen molar-refractivity contribution in [2.24, 2.45) is 0 Å². The third kappa shape index (κ3) is 3.51. The summed E-state index contributed by atoms with van der Waals surface area (Å²) in [5.74, 6) is 2.09. The molecule has 100 valence electrons. The number of halogens is 1. The molecule has 2 nitrogen and oxygen atoms in total. The van der Waals surface area contributed by atoms with Crippen molar-refractivity contribution >= 4 is 39.2 Å². The van der Waals surface area contributed by atoms with Gasteiger partial charge in [0.25, 0.3) is 0 Å². The van der Waals surface area contributed by atoms with Crippen LogP contribution in [-0.4, -0.2) is 17.8 Å². The monoisotopic (exact) mass is 336 g/mol. The molecule has 1 aromatic carbocycles. The Morgan fingerprint density at radius 2 is 1.95 bits per heavy atom. The molecule has 4 heteroatoms. The van der Waals surface area contributed by atoms with Crippen LogP contribution in [0.25, 0.3) is 0 Å². The van der Waals surface area contributed by atoms with Crippen LogP contribution < -0.4 is 4.90 Å². The second-order valence-electron chi connectivity index (χ2n) is 4.28. The number of anilines is 2. The molecule has 0 bridgehead atoms. The van der Waals surface area contributed by atoms with E-state index in [9.17, 15) is 0 Å². The van der Waals surface area contributed by atoms with E-state index in [0.29, 0.717) is 0 Å². The predicted molar refractivity (Wildman–Crippen MR) is 87.6 cm³/mol. The molecule has 0 unspecified atom stereocenters. The van der Waals surface area contributed by atoms with E-state index >= 15 is 0 Å². The molecule has 2 rings (SSSR count). The number of hydrogen-bond donors (Lipinski definition) is 0. The molecule has 1 aromatic heterocycles. The molecular formula is C15H17BrN2S.